The molecule has 2 bridgehead atoms. The third kappa shape index (κ3) is 3.83. The lowest BCUT2D eigenvalue weighted by molar-refractivity contribution is -0.646. The van der Waals surface area contributed by atoms with E-state index in [0.717, 1.165) is 30.8 Å². The van der Waals surface area contributed by atoms with Gasteiger partial charge >= 0.3 is 5.97 Å². The van der Waals surface area contributed by atoms with Gasteiger partial charge in [-0.15, -0.1) is 0 Å². The quantitative estimate of drug-likeness (QED) is 0.362. The van der Waals surface area contributed by atoms with Gasteiger partial charge in [0, 0.05) is 5.41 Å². The number of esters is 1. The van der Waals surface area contributed by atoms with Crippen LogP contribution >= 0.6 is 0 Å². The van der Waals surface area contributed by atoms with Crippen molar-refractivity contribution >= 4 is 5.97 Å². The van der Waals surface area contributed by atoms with Crippen LogP contribution in [0.15, 0.2) is 0 Å². The molecule has 4 unspecified atom stereocenters. The number of carbonyl (C=O) groups is 1. The summed E-state index contributed by atoms with van der Waals surface area (Å²) < 4.78 is 12.9. The third-order valence-corrected chi connectivity index (χ3v) is 15.0. The molecule has 1 aliphatic heterocycles. The molecule has 0 amide bonds. The van der Waals surface area contributed by atoms with Crippen LogP contribution in [0.2, 0.25) is 0 Å². The van der Waals surface area contributed by atoms with Crippen LogP contribution in [0.5, 0.6) is 0 Å². The Hall–Kier alpha value is -0.650. The van der Waals surface area contributed by atoms with E-state index < -0.39 is 0 Å². The number of quaternary nitrogens is 1. The number of aliphatic hydroxyl groups excluding tert-OH is 1. The SMILES string of the molecule is CC1(C)CC[C@]23CC[C@]4(C)C(CCC5[C@@]6(C)CC[C@H](OC(=O)C[NH2+]CCO)C(C)(C)C6CC[C@]54C)C2[C@@H]1OC3. The second-order valence-electron chi connectivity index (χ2n) is 17.1. The average molecular weight is 545 g/mol. The van der Waals surface area contributed by atoms with Crippen molar-refractivity contribution < 1.29 is 24.7 Å². The van der Waals surface area contributed by atoms with Gasteiger partial charge in [0.2, 0.25) is 0 Å². The molecule has 1 saturated heterocycles. The minimum absolute atomic E-state index is 0.00586. The molecule has 5 nitrogen and oxygen atoms in total. The molecule has 10 atom stereocenters. The van der Waals surface area contributed by atoms with Gasteiger partial charge in [0.05, 0.1) is 25.9 Å². The predicted octanol–water partition coefficient (Wildman–Crippen LogP) is 5.34. The smallest absolute Gasteiger partial charge is 0.361 e. The molecule has 0 aromatic rings. The Morgan fingerprint density at radius 3 is 2.36 bits per heavy atom. The topological polar surface area (TPSA) is 72.4 Å². The summed E-state index contributed by atoms with van der Waals surface area (Å²) in [6, 6.07) is 0. The van der Waals surface area contributed by atoms with E-state index in [1.54, 1.807) is 0 Å². The Kier molecular flexibility index (Phi) is 6.70. The van der Waals surface area contributed by atoms with Gasteiger partial charge in [-0.2, -0.15) is 0 Å². The highest BCUT2D eigenvalue weighted by atomic mass is 16.5. The van der Waals surface area contributed by atoms with E-state index in [9.17, 15) is 4.79 Å². The first kappa shape index (κ1) is 28.5. The summed E-state index contributed by atoms with van der Waals surface area (Å²) >= 11 is 0. The van der Waals surface area contributed by atoms with E-state index in [4.69, 9.17) is 14.6 Å². The lowest BCUT2D eigenvalue weighted by Crippen LogP contribution is -2.87. The van der Waals surface area contributed by atoms with Crippen LogP contribution in [0, 0.1) is 56.2 Å². The van der Waals surface area contributed by atoms with Gasteiger partial charge < -0.3 is 19.9 Å². The van der Waals surface area contributed by atoms with Crippen LogP contribution in [-0.4, -0.2) is 49.6 Å². The van der Waals surface area contributed by atoms with E-state index in [0.29, 0.717) is 52.2 Å². The Labute approximate surface area is 237 Å². The summed E-state index contributed by atoms with van der Waals surface area (Å²) in [6.07, 6.45) is 13.4. The number of hydrogen-bond acceptors (Lipinski definition) is 4. The number of nitrogens with two attached hydrogens (primary N) is 1. The first-order chi connectivity index (χ1) is 18.3. The normalized spacial score (nSPS) is 51.2. The number of ether oxygens (including phenoxy) is 2. The van der Waals surface area contributed by atoms with Crippen molar-refractivity contribution in [2.75, 3.05) is 26.3 Å². The van der Waals surface area contributed by atoms with Crippen molar-refractivity contribution in [3.8, 4) is 0 Å². The molecule has 6 fully saturated rings. The zero-order chi connectivity index (χ0) is 28.1. The van der Waals surface area contributed by atoms with Gasteiger partial charge in [0.1, 0.15) is 6.10 Å². The second kappa shape index (κ2) is 9.17. The van der Waals surface area contributed by atoms with Crippen LogP contribution < -0.4 is 5.32 Å². The van der Waals surface area contributed by atoms with Crippen molar-refractivity contribution in [3.63, 3.8) is 0 Å². The molecule has 5 heteroatoms. The molecule has 6 rings (SSSR count). The molecule has 39 heavy (non-hydrogen) atoms. The number of hydrogen-bond donors (Lipinski definition) is 2. The summed E-state index contributed by atoms with van der Waals surface area (Å²) in [7, 11) is 0. The van der Waals surface area contributed by atoms with E-state index in [-0.39, 0.29) is 24.1 Å². The van der Waals surface area contributed by atoms with Crippen LogP contribution in [-0.2, 0) is 14.3 Å². The van der Waals surface area contributed by atoms with E-state index >= 15 is 0 Å². The summed E-state index contributed by atoms with van der Waals surface area (Å²) in [6.45, 7) is 19.8. The highest BCUT2D eigenvalue weighted by Gasteiger charge is 2.72. The summed E-state index contributed by atoms with van der Waals surface area (Å²) in [5.74, 6) is 2.74. The molecule has 0 aromatic heterocycles. The van der Waals surface area contributed by atoms with Crippen molar-refractivity contribution in [3.05, 3.63) is 0 Å². The monoisotopic (exact) mass is 544 g/mol. The summed E-state index contributed by atoms with van der Waals surface area (Å²) in [5.41, 5.74) is 1.78. The molecule has 5 aliphatic carbocycles. The molecule has 6 aliphatic rings. The minimum atomic E-state index is -0.123. The Morgan fingerprint density at radius 1 is 0.872 bits per heavy atom. The molecule has 3 N–H and O–H groups in total. The number of rotatable bonds is 5. The first-order valence-corrected chi connectivity index (χ1v) is 16.5. The van der Waals surface area contributed by atoms with E-state index in [2.05, 4.69) is 48.5 Å². The lowest BCUT2D eigenvalue weighted by atomic mass is 9.31. The number of aliphatic hydroxyl groups is 1. The molecule has 0 aromatic carbocycles. The minimum Gasteiger partial charge on any atom is -0.458 e. The van der Waals surface area contributed by atoms with Crippen molar-refractivity contribution in [2.24, 2.45) is 56.2 Å². The highest BCUT2D eigenvalue weighted by molar-refractivity contribution is 5.70. The maximum atomic E-state index is 12.7. The lowest BCUT2D eigenvalue weighted by Gasteiger charge is -2.73. The fourth-order valence-electron chi connectivity index (χ4n) is 12.7. The molecule has 1 heterocycles. The summed E-state index contributed by atoms with van der Waals surface area (Å²) in [5, 5.41) is 10.9. The number of fused-ring (bicyclic) bond motifs is 5. The second-order valence-corrected chi connectivity index (χ2v) is 17.1. The van der Waals surface area contributed by atoms with Gasteiger partial charge in [-0.05, 0) is 115 Å². The van der Waals surface area contributed by atoms with Crippen molar-refractivity contribution in [1.82, 2.24) is 0 Å². The van der Waals surface area contributed by atoms with Crippen LogP contribution in [0.1, 0.15) is 113 Å². The molecule has 222 valence electrons. The zero-order valence-electron chi connectivity index (χ0n) is 26.1. The van der Waals surface area contributed by atoms with Gasteiger partial charge in [-0.25, -0.2) is 4.79 Å². The Morgan fingerprint density at radius 2 is 1.62 bits per heavy atom. The average Bonchev–Trinajstić information content (AvgIpc) is 3.20. The highest BCUT2D eigenvalue weighted by Crippen LogP contribution is 2.78. The van der Waals surface area contributed by atoms with Crippen LogP contribution in [0.3, 0.4) is 0 Å². The molecule has 0 spiro atoms. The molecular formula is C34H58NO4+. The fraction of sp³-hybridized carbons (Fsp3) is 0.971. The summed E-state index contributed by atoms with van der Waals surface area (Å²) in [4.78, 5) is 12.7. The van der Waals surface area contributed by atoms with Crippen molar-refractivity contribution in [2.45, 2.75) is 125 Å². The van der Waals surface area contributed by atoms with Crippen molar-refractivity contribution in [1.29, 1.82) is 0 Å². The Balaban J connectivity index is 1.26. The Bertz CT molecular complexity index is 978. The first-order valence-electron chi connectivity index (χ1n) is 16.5. The largest absolute Gasteiger partial charge is 0.458 e. The zero-order valence-corrected chi connectivity index (χ0v) is 26.1. The maximum absolute atomic E-state index is 12.7. The van der Waals surface area contributed by atoms with Gasteiger partial charge in [0.15, 0.2) is 6.54 Å². The molecular weight excluding hydrogens is 486 g/mol. The van der Waals surface area contributed by atoms with Crippen LogP contribution in [0.4, 0.5) is 0 Å². The van der Waals surface area contributed by atoms with Gasteiger partial charge in [-0.1, -0.05) is 48.5 Å². The molecule has 0 radical (unpaired) electrons. The van der Waals surface area contributed by atoms with Crippen LogP contribution in [0.25, 0.3) is 0 Å². The number of carbonyl (C=O) groups excluding carboxylic acids is 1. The molecule has 5 saturated carbocycles. The predicted molar refractivity (Wildman–Crippen MR) is 153 cm³/mol. The fourth-order valence-corrected chi connectivity index (χ4v) is 12.7. The van der Waals surface area contributed by atoms with Gasteiger partial charge in [-0.3, -0.25) is 0 Å². The van der Waals surface area contributed by atoms with Gasteiger partial charge in [0.25, 0.3) is 0 Å². The van der Waals surface area contributed by atoms with E-state index in [1.807, 2.05) is 5.32 Å². The van der Waals surface area contributed by atoms with E-state index in [1.165, 1.54) is 57.8 Å². The third-order valence-electron chi connectivity index (χ3n) is 15.0. The standard InChI is InChI=1S/C34H57NO4/c1-29(2)14-16-34-17-15-32(6)22(27(34)28(29)38-21-34)8-9-24-31(5)12-11-25(39-26(37)20-35-18-19-36)30(3,4)23(31)10-13-33(24,32)7/h22-25,27-28,35-36H,8-21H2,1-7H3/p+1/t22?,23?,24?,25-,27?,28-,31-,32+,33+,34+/m0/s1. The maximum Gasteiger partial charge on any atom is 0.361 e.